The Labute approximate surface area is 83.6 Å². The molecule has 0 aliphatic carbocycles. The van der Waals surface area contributed by atoms with Crippen LogP contribution in [0.25, 0.3) is 0 Å². The minimum atomic E-state index is -0.473. The molecule has 78 valence electrons. The molecule has 3 heteroatoms. The first-order valence-electron chi connectivity index (χ1n) is 4.71. The molecule has 1 aromatic rings. The number of nitrogens with two attached hydrogens (primary N) is 1. The Morgan fingerprint density at radius 2 is 2.21 bits per heavy atom. The fourth-order valence-corrected chi connectivity index (χ4v) is 1.47. The average molecular weight is 197 g/mol. The molecule has 14 heavy (non-hydrogen) atoms. The van der Waals surface area contributed by atoms with Gasteiger partial charge in [0.15, 0.2) is 0 Å². The van der Waals surface area contributed by atoms with Crippen LogP contribution in [0.15, 0.2) is 18.2 Å². The topological polar surface area (TPSA) is 46.2 Å². The standard InChI is InChI=1S/C11H16FNO/c1-8-2-3-9(7-12)6-10(8)11(13)4-5-14/h2-3,6,11,14H,4-5,7,13H2,1H3. The van der Waals surface area contributed by atoms with Gasteiger partial charge >= 0.3 is 0 Å². The molecule has 0 heterocycles. The highest BCUT2D eigenvalue weighted by molar-refractivity contribution is 5.33. The Kier molecular flexibility index (Phi) is 4.04. The molecular formula is C11H16FNO. The predicted octanol–water partition coefficient (Wildman–Crippen LogP) is 1.85. The van der Waals surface area contributed by atoms with Crippen molar-refractivity contribution in [3.05, 3.63) is 34.9 Å². The number of hydrogen-bond donors (Lipinski definition) is 2. The molecule has 0 fully saturated rings. The maximum atomic E-state index is 12.4. The van der Waals surface area contributed by atoms with E-state index >= 15 is 0 Å². The molecular weight excluding hydrogens is 181 g/mol. The van der Waals surface area contributed by atoms with Crippen LogP contribution >= 0.6 is 0 Å². The monoisotopic (exact) mass is 197 g/mol. The molecule has 1 rings (SSSR count). The van der Waals surface area contributed by atoms with Crippen LogP contribution in [0, 0.1) is 6.92 Å². The molecule has 0 saturated carbocycles. The molecule has 0 saturated heterocycles. The molecule has 0 spiro atoms. The second-order valence-corrected chi connectivity index (χ2v) is 3.44. The summed E-state index contributed by atoms with van der Waals surface area (Å²) in [6.07, 6.45) is 0.510. The zero-order valence-corrected chi connectivity index (χ0v) is 8.33. The van der Waals surface area contributed by atoms with Crippen LogP contribution in [-0.2, 0) is 6.67 Å². The summed E-state index contributed by atoms with van der Waals surface area (Å²) in [4.78, 5) is 0. The maximum Gasteiger partial charge on any atom is 0.115 e. The molecule has 1 aromatic carbocycles. The molecule has 2 nitrogen and oxygen atoms in total. The van der Waals surface area contributed by atoms with E-state index in [9.17, 15) is 4.39 Å². The maximum absolute atomic E-state index is 12.4. The van der Waals surface area contributed by atoms with Crippen molar-refractivity contribution in [2.45, 2.75) is 26.1 Å². The summed E-state index contributed by atoms with van der Waals surface area (Å²) in [5.74, 6) is 0. The Balaban J connectivity index is 2.93. The molecule has 1 unspecified atom stereocenters. The van der Waals surface area contributed by atoms with E-state index in [0.717, 1.165) is 11.1 Å². The van der Waals surface area contributed by atoms with Crippen molar-refractivity contribution in [2.24, 2.45) is 5.73 Å². The Hall–Kier alpha value is -0.930. The van der Waals surface area contributed by atoms with E-state index in [2.05, 4.69) is 0 Å². The molecule has 1 atom stereocenters. The van der Waals surface area contributed by atoms with Gasteiger partial charge < -0.3 is 10.8 Å². The summed E-state index contributed by atoms with van der Waals surface area (Å²) in [5, 5.41) is 8.76. The first-order chi connectivity index (χ1) is 6.69. The predicted molar refractivity (Wildman–Crippen MR) is 54.6 cm³/mol. The summed E-state index contributed by atoms with van der Waals surface area (Å²) in [6.45, 7) is 1.52. The van der Waals surface area contributed by atoms with Crippen LogP contribution in [-0.4, -0.2) is 11.7 Å². The summed E-state index contributed by atoms with van der Waals surface area (Å²) >= 11 is 0. The smallest absolute Gasteiger partial charge is 0.115 e. The van der Waals surface area contributed by atoms with Gasteiger partial charge in [-0.1, -0.05) is 18.2 Å². The number of alkyl halides is 1. The van der Waals surface area contributed by atoms with Crippen LogP contribution in [0.2, 0.25) is 0 Å². The van der Waals surface area contributed by atoms with E-state index in [0.29, 0.717) is 12.0 Å². The third-order valence-corrected chi connectivity index (χ3v) is 2.34. The van der Waals surface area contributed by atoms with Crippen molar-refractivity contribution in [1.82, 2.24) is 0 Å². The average Bonchev–Trinajstić information content (AvgIpc) is 2.19. The summed E-state index contributed by atoms with van der Waals surface area (Å²) in [5.41, 5.74) is 8.46. The van der Waals surface area contributed by atoms with Crippen molar-refractivity contribution in [1.29, 1.82) is 0 Å². The minimum Gasteiger partial charge on any atom is -0.396 e. The zero-order valence-electron chi connectivity index (χ0n) is 8.33. The highest BCUT2D eigenvalue weighted by atomic mass is 19.1. The second-order valence-electron chi connectivity index (χ2n) is 3.44. The molecule has 3 N–H and O–H groups in total. The van der Waals surface area contributed by atoms with Crippen molar-refractivity contribution in [2.75, 3.05) is 6.61 Å². The fourth-order valence-electron chi connectivity index (χ4n) is 1.47. The van der Waals surface area contributed by atoms with Gasteiger partial charge in [-0.25, -0.2) is 4.39 Å². The van der Waals surface area contributed by atoms with E-state index in [1.165, 1.54) is 0 Å². The van der Waals surface area contributed by atoms with Crippen LogP contribution < -0.4 is 5.73 Å². The quantitative estimate of drug-likeness (QED) is 0.773. The van der Waals surface area contributed by atoms with Crippen LogP contribution in [0.3, 0.4) is 0 Å². The van der Waals surface area contributed by atoms with E-state index in [1.54, 1.807) is 12.1 Å². The van der Waals surface area contributed by atoms with E-state index < -0.39 is 6.67 Å². The first kappa shape index (κ1) is 11.1. The van der Waals surface area contributed by atoms with Crippen LogP contribution in [0.5, 0.6) is 0 Å². The summed E-state index contributed by atoms with van der Waals surface area (Å²) < 4.78 is 12.4. The molecule has 0 aromatic heterocycles. The number of aryl methyl sites for hydroxylation is 1. The number of halogens is 1. The molecule has 0 radical (unpaired) electrons. The molecule has 0 bridgehead atoms. The number of hydrogen-bond acceptors (Lipinski definition) is 2. The van der Waals surface area contributed by atoms with Gasteiger partial charge in [-0.2, -0.15) is 0 Å². The van der Waals surface area contributed by atoms with Gasteiger partial charge in [0.2, 0.25) is 0 Å². The molecule has 0 aliphatic heterocycles. The van der Waals surface area contributed by atoms with Crippen LogP contribution in [0.4, 0.5) is 4.39 Å². The largest absolute Gasteiger partial charge is 0.396 e. The van der Waals surface area contributed by atoms with Crippen molar-refractivity contribution in [3.8, 4) is 0 Å². The van der Waals surface area contributed by atoms with Gasteiger partial charge in [0, 0.05) is 12.6 Å². The van der Waals surface area contributed by atoms with Crippen molar-refractivity contribution in [3.63, 3.8) is 0 Å². The number of aliphatic hydroxyl groups is 1. The third-order valence-electron chi connectivity index (χ3n) is 2.34. The number of aliphatic hydroxyl groups excluding tert-OH is 1. The normalized spacial score (nSPS) is 12.9. The van der Waals surface area contributed by atoms with Gasteiger partial charge in [-0.3, -0.25) is 0 Å². The summed E-state index contributed by atoms with van der Waals surface area (Å²) in [6, 6.07) is 5.19. The van der Waals surface area contributed by atoms with E-state index in [-0.39, 0.29) is 12.6 Å². The van der Waals surface area contributed by atoms with E-state index in [1.807, 2.05) is 13.0 Å². The Bertz CT molecular complexity index is 301. The Morgan fingerprint density at radius 3 is 2.79 bits per heavy atom. The lowest BCUT2D eigenvalue weighted by molar-refractivity contribution is 0.276. The lowest BCUT2D eigenvalue weighted by Gasteiger charge is -2.14. The van der Waals surface area contributed by atoms with Crippen LogP contribution in [0.1, 0.15) is 29.2 Å². The minimum absolute atomic E-state index is 0.0560. The number of benzene rings is 1. The van der Waals surface area contributed by atoms with Gasteiger partial charge in [0.25, 0.3) is 0 Å². The fraction of sp³-hybridized carbons (Fsp3) is 0.455. The highest BCUT2D eigenvalue weighted by Crippen LogP contribution is 2.20. The molecule has 0 amide bonds. The lowest BCUT2D eigenvalue weighted by atomic mass is 9.97. The second kappa shape index (κ2) is 5.08. The third kappa shape index (κ3) is 2.53. The Morgan fingerprint density at radius 1 is 1.50 bits per heavy atom. The van der Waals surface area contributed by atoms with Crippen molar-refractivity contribution >= 4 is 0 Å². The summed E-state index contributed by atoms with van der Waals surface area (Å²) in [7, 11) is 0. The SMILES string of the molecule is Cc1ccc(CF)cc1C(N)CCO. The van der Waals surface area contributed by atoms with E-state index in [4.69, 9.17) is 10.8 Å². The van der Waals surface area contributed by atoms with Gasteiger partial charge in [0.1, 0.15) is 6.67 Å². The first-order valence-corrected chi connectivity index (χ1v) is 4.71. The van der Waals surface area contributed by atoms with Gasteiger partial charge in [0.05, 0.1) is 0 Å². The van der Waals surface area contributed by atoms with Gasteiger partial charge in [-0.15, -0.1) is 0 Å². The molecule has 0 aliphatic rings. The van der Waals surface area contributed by atoms with Gasteiger partial charge in [-0.05, 0) is 30.0 Å². The van der Waals surface area contributed by atoms with Crippen molar-refractivity contribution < 1.29 is 9.50 Å². The highest BCUT2D eigenvalue weighted by Gasteiger charge is 2.08. The lowest BCUT2D eigenvalue weighted by Crippen LogP contribution is -2.13. The zero-order chi connectivity index (χ0) is 10.6. The number of rotatable bonds is 4.